The molecule has 14 rings (SSSR count). The molecule has 0 aliphatic heterocycles. The molecule has 0 N–H and O–H groups in total. The molecule has 10 aromatic carbocycles. The summed E-state index contributed by atoms with van der Waals surface area (Å²) in [5, 5.41) is 32.1. The van der Waals surface area contributed by atoms with Crippen LogP contribution in [0, 0.1) is 22.7 Å². The van der Waals surface area contributed by atoms with E-state index in [9.17, 15) is 10.5 Å². The van der Waals surface area contributed by atoms with Crippen LogP contribution in [0.3, 0.4) is 0 Å². The highest BCUT2D eigenvalue weighted by molar-refractivity contribution is 6.14. The largest absolute Gasteiger partial charge is 0.307 e. The fourth-order valence-electron chi connectivity index (χ4n) is 11.2. The molecule has 6 nitrogen and oxygen atoms in total. The summed E-state index contributed by atoms with van der Waals surface area (Å²) in [5.74, 6) is 0. The highest BCUT2D eigenvalue weighted by Gasteiger charge is 2.27. The Morgan fingerprint density at radius 3 is 0.676 bits per heavy atom. The molecule has 0 saturated heterocycles. The molecule has 0 saturated carbocycles. The number of para-hydroxylation sites is 8. The maximum Gasteiger partial charge on any atom is 0.101 e. The molecule has 6 heteroatoms. The van der Waals surface area contributed by atoms with E-state index in [-0.39, 0.29) is 0 Å². The number of hydrogen-bond acceptors (Lipinski definition) is 2. The highest BCUT2D eigenvalue weighted by atomic mass is 15.1. The van der Waals surface area contributed by atoms with Crippen LogP contribution in [0.1, 0.15) is 11.1 Å². The molecule has 0 aliphatic carbocycles. The summed E-state index contributed by atoms with van der Waals surface area (Å²) in [7, 11) is 0. The van der Waals surface area contributed by atoms with E-state index in [1.54, 1.807) is 0 Å². The monoisotopic (exact) mass is 864 g/mol. The third-order valence-corrected chi connectivity index (χ3v) is 14.0. The van der Waals surface area contributed by atoms with Gasteiger partial charge in [0.2, 0.25) is 0 Å². The Balaban J connectivity index is 1.15. The average molecular weight is 865 g/mol. The maximum absolute atomic E-state index is 11.6. The first-order valence-corrected chi connectivity index (χ1v) is 22.8. The van der Waals surface area contributed by atoms with Gasteiger partial charge in [0.05, 0.1) is 78.0 Å². The van der Waals surface area contributed by atoms with E-state index < -0.39 is 0 Å². The van der Waals surface area contributed by atoms with Gasteiger partial charge in [-0.05, 0) is 83.9 Å². The first kappa shape index (κ1) is 37.7. The molecule has 0 amide bonds. The Hall–Kier alpha value is -9.62. The van der Waals surface area contributed by atoms with Crippen molar-refractivity contribution >= 4 is 87.2 Å². The number of rotatable bonds is 5. The van der Waals surface area contributed by atoms with Crippen molar-refractivity contribution < 1.29 is 0 Å². The normalized spacial score (nSPS) is 11.8. The Labute approximate surface area is 389 Å². The minimum Gasteiger partial charge on any atom is -0.307 e. The van der Waals surface area contributed by atoms with E-state index in [1.807, 2.05) is 12.1 Å². The summed E-state index contributed by atoms with van der Waals surface area (Å²) in [6.07, 6.45) is 0. The van der Waals surface area contributed by atoms with Crippen LogP contribution in [0.4, 0.5) is 0 Å². The van der Waals surface area contributed by atoms with Gasteiger partial charge in [0, 0.05) is 43.1 Å². The summed E-state index contributed by atoms with van der Waals surface area (Å²) in [6.45, 7) is 0. The van der Waals surface area contributed by atoms with Crippen molar-refractivity contribution in [3.63, 3.8) is 0 Å². The molecule has 68 heavy (non-hydrogen) atoms. The summed E-state index contributed by atoms with van der Waals surface area (Å²) >= 11 is 0. The van der Waals surface area contributed by atoms with Crippen molar-refractivity contribution in [3.05, 3.63) is 230 Å². The second-order valence-electron chi connectivity index (χ2n) is 17.5. The third-order valence-electron chi connectivity index (χ3n) is 14.0. The first-order valence-electron chi connectivity index (χ1n) is 22.8. The lowest BCUT2D eigenvalue weighted by atomic mass is 9.96. The molecule has 0 bridgehead atoms. The smallest absolute Gasteiger partial charge is 0.101 e. The van der Waals surface area contributed by atoms with Crippen LogP contribution in [-0.2, 0) is 0 Å². The second kappa shape index (κ2) is 14.4. The van der Waals surface area contributed by atoms with E-state index in [4.69, 9.17) is 0 Å². The van der Waals surface area contributed by atoms with Crippen LogP contribution in [0.15, 0.2) is 218 Å². The highest BCUT2D eigenvalue weighted by Crippen LogP contribution is 2.45. The Bertz CT molecular complexity index is 4030. The molecule has 0 radical (unpaired) electrons. The number of benzene rings is 10. The Kier molecular flexibility index (Phi) is 8.01. The molecule has 0 atom stereocenters. The van der Waals surface area contributed by atoms with Gasteiger partial charge in [-0.2, -0.15) is 10.5 Å². The van der Waals surface area contributed by atoms with Gasteiger partial charge >= 0.3 is 0 Å². The predicted molar refractivity (Wildman–Crippen MR) is 279 cm³/mol. The van der Waals surface area contributed by atoms with E-state index in [0.717, 1.165) is 121 Å². The van der Waals surface area contributed by atoms with Crippen LogP contribution in [0.5, 0.6) is 0 Å². The molecule has 14 aromatic rings. The molecule has 4 heterocycles. The zero-order valence-corrected chi connectivity index (χ0v) is 36.5. The number of nitrogens with zero attached hydrogens (tertiary/aromatic N) is 6. The summed E-state index contributed by atoms with van der Waals surface area (Å²) < 4.78 is 9.17. The van der Waals surface area contributed by atoms with Gasteiger partial charge in [-0.25, -0.2) is 0 Å². The van der Waals surface area contributed by atoms with Gasteiger partial charge in [-0.3, -0.25) is 0 Å². The lowest BCUT2D eigenvalue weighted by Crippen LogP contribution is -2.08. The topological polar surface area (TPSA) is 67.3 Å². The molecule has 314 valence electrons. The van der Waals surface area contributed by atoms with Gasteiger partial charge in [0.25, 0.3) is 0 Å². The summed E-state index contributed by atoms with van der Waals surface area (Å²) in [5.41, 5.74) is 14.1. The van der Waals surface area contributed by atoms with E-state index >= 15 is 0 Å². The zero-order valence-electron chi connectivity index (χ0n) is 36.5. The van der Waals surface area contributed by atoms with Crippen LogP contribution in [0.2, 0.25) is 0 Å². The van der Waals surface area contributed by atoms with Gasteiger partial charge in [0.15, 0.2) is 0 Å². The van der Waals surface area contributed by atoms with Crippen LogP contribution in [0.25, 0.3) is 121 Å². The number of fused-ring (bicyclic) bond motifs is 12. The Morgan fingerprint density at radius 2 is 0.456 bits per heavy atom. The minimum atomic E-state index is 0.509. The lowest BCUT2D eigenvalue weighted by molar-refractivity contribution is 1.08. The predicted octanol–water partition coefficient (Wildman–Crippen LogP) is 15.5. The molecule has 0 fully saturated rings. The molecule has 0 aliphatic rings. The molecule has 0 unspecified atom stereocenters. The summed E-state index contributed by atoms with van der Waals surface area (Å²) in [4.78, 5) is 0. The first-order chi connectivity index (χ1) is 33.7. The lowest BCUT2D eigenvalue weighted by Gasteiger charge is -2.22. The third kappa shape index (κ3) is 5.20. The second-order valence-corrected chi connectivity index (χ2v) is 17.5. The van der Waals surface area contributed by atoms with Crippen molar-refractivity contribution in [1.82, 2.24) is 18.3 Å². The average Bonchev–Trinajstić information content (AvgIpc) is 4.13. The minimum absolute atomic E-state index is 0.509. The number of hydrogen-bond donors (Lipinski definition) is 0. The standard InChI is InChI=1S/C62H36N6/c63-37-41-33-39(35-59(65-51-25-9-1-17-43(51)44-18-2-10-26-52(44)65)61(41)67-55-29-13-5-21-47(55)48-22-6-14-30-56(48)67)40-34-42(38-64)62(68-57-31-15-7-23-49(57)50-24-8-16-32-58(50)68)60(36-40)66-53-27-11-3-19-45(53)46-20-4-12-28-54(46)66/h1-36H. The van der Waals surface area contributed by atoms with Crippen LogP contribution in [-0.4, -0.2) is 18.3 Å². The van der Waals surface area contributed by atoms with Crippen molar-refractivity contribution in [2.24, 2.45) is 0 Å². The van der Waals surface area contributed by atoms with Gasteiger partial charge in [0.1, 0.15) is 12.1 Å². The van der Waals surface area contributed by atoms with Gasteiger partial charge in [-0.1, -0.05) is 146 Å². The molecule has 0 spiro atoms. The molecule has 4 aromatic heterocycles. The fourth-order valence-corrected chi connectivity index (χ4v) is 11.2. The number of nitriles is 2. The van der Waals surface area contributed by atoms with Gasteiger partial charge < -0.3 is 18.3 Å². The number of aromatic nitrogens is 4. The van der Waals surface area contributed by atoms with Crippen molar-refractivity contribution in [2.75, 3.05) is 0 Å². The van der Waals surface area contributed by atoms with Gasteiger partial charge in [-0.15, -0.1) is 0 Å². The van der Waals surface area contributed by atoms with E-state index in [1.165, 1.54) is 0 Å². The fraction of sp³-hybridized carbons (Fsp3) is 0. The Morgan fingerprint density at radius 1 is 0.250 bits per heavy atom. The van der Waals surface area contributed by atoms with Crippen LogP contribution < -0.4 is 0 Å². The summed E-state index contributed by atoms with van der Waals surface area (Å²) in [6, 6.07) is 81.7. The quantitative estimate of drug-likeness (QED) is 0.173. The zero-order chi connectivity index (χ0) is 45.0. The molecular weight excluding hydrogens is 829 g/mol. The van der Waals surface area contributed by atoms with E-state index in [2.05, 4.69) is 237 Å². The maximum atomic E-state index is 11.6. The van der Waals surface area contributed by atoms with E-state index in [0.29, 0.717) is 11.1 Å². The van der Waals surface area contributed by atoms with Crippen molar-refractivity contribution in [3.8, 4) is 46.0 Å². The van der Waals surface area contributed by atoms with Crippen molar-refractivity contribution in [2.45, 2.75) is 0 Å². The SMILES string of the molecule is N#Cc1cc(-c2cc(C#N)c(-n3c4ccccc4c4ccccc43)c(-n3c4ccccc4c4ccccc43)c2)cc(-n2c3ccccc3c3ccccc32)c1-n1c2ccccc2c2ccccc21. The molecular formula is C62H36N6. The van der Waals surface area contributed by atoms with Crippen molar-refractivity contribution in [1.29, 1.82) is 10.5 Å². The van der Waals surface area contributed by atoms with Crippen LogP contribution >= 0.6 is 0 Å².